The van der Waals surface area contributed by atoms with Crippen LogP contribution in [0.5, 0.6) is 23.0 Å². The summed E-state index contributed by atoms with van der Waals surface area (Å²) in [6.07, 6.45) is 11.6. The highest BCUT2D eigenvalue weighted by Crippen LogP contribution is 2.43. The average Bonchev–Trinajstić information content (AvgIpc) is 3.94. The van der Waals surface area contributed by atoms with Gasteiger partial charge in [-0.2, -0.15) is 0 Å². The lowest BCUT2D eigenvalue weighted by Crippen LogP contribution is -2.50. The molecule has 4 aliphatic rings. The number of carbonyl (C=O) groups excluding carboxylic acids is 5. The number of nitrogens with two attached hydrogens (primary N) is 1. The number of nitrogens with zero attached hydrogens (tertiary/aromatic N) is 4. The van der Waals surface area contributed by atoms with Crippen molar-refractivity contribution in [2.75, 3.05) is 44.3 Å². The van der Waals surface area contributed by atoms with Gasteiger partial charge in [-0.15, -0.1) is 0 Å². The van der Waals surface area contributed by atoms with E-state index in [-0.39, 0.29) is 91.5 Å². The summed E-state index contributed by atoms with van der Waals surface area (Å²) < 4.78 is 29.5. The fourth-order valence-corrected chi connectivity index (χ4v) is 8.90. The maximum absolute atomic E-state index is 14.3. The van der Waals surface area contributed by atoms with E-state index in [2.05, 4.69) is 21.1 Å². The molecule has 3 amide bonds. The number of ether oxygens (including phenoxy) is 5. The Bertz CT molecular complexity index is 2680. The molecule has 3 aromatic carbocycles. The lowest BCUT2D eigenvalue weighted by Gasteiger charge is -2.31. The number of aliphatic imine (C=N–C) groups is 1. The molecular formula is C53H64N8O11. The van der Waals surface area contributed by atoms with Crippen molar-refractivity contribution < 1.29 is 52.8 Å². The summed E-state index contributed by atoms with van der Waals surface area (Å²) in [5.41, 5.74) is 6.69. The molecule has 7 rings (SSSR count). The molecule has 72 heavy (non-hydrogen) atoms. The van der Waals surface area contributed by atoms with Crippen LogP contribution in [0.15, 0.2) is 101 Å². The molecule has 382 valence electrons. The van der Waals surface area contributed by atoms with Crippen molar-refractivity contribution in [1.29, 1.82) is 0 Å². The Balaban J connectivity index is 1.01. The number of benzene rings is 3. The molecule has 0 spiro atoms. The third-order valence-corrected chi connectivity index (χ3v) is 12.8. The molecule has 6 N–H and O–H groups in total. The van der Waals surface area contributed by atoms with E-state index in [0.717, 1.165) is 16.0 Å². The second kappa shape index (κ2) is 23.7. The fraction of sp³-hybridized carbons (Fsp3) is 0.396. The zero-order valence-electron chi connectivity index (χ0n) is 41.7. The molecule has 4 heterocycles. The molecule has 0 saturated heterocycles. The Morgan fingerprint density at radius 1 is 0.833 bits per heavy atom. The van der Waals surface area contributed by atoms with Gasteiger partial charge >= 0.3 is 6.09 Å². The molecule has 0 unspecified atom stereocenters. The number of nitrogens with one attached hydrogen (secondary N) is 3. The molecule has 0 bridgehead atoms. The van der Waals surface area contributed by atoms with E-state index in [9.17, 15) is 29.1 Å². The van der Waals surface area contributed by atoms with E-state index in [0.29, 0.717) is 46.8 Å². The minimum absolute atomic E-state index is 0.0588. The van der Waals surface area contributed by atoms with Crippen LogP contribution >= 0.6 is 0 Å². The maximum atomic E-state index is 14.3. The molecule has 0 saturated carbocycles. The Morgan fingerprint density at radius 3 is 2.10 bits per heavy atom. The smallest absolute Gasteiger partial charge is 0.416 e. The van der Waals surface area contributed by atoms with E-state index < -0.39 is 36.4 Å². The largest absolute Gasteiger partial charge is 0.493 e. The summed E-state index contributed by atoms with van der Waals surface area (Å²) in [6.45, 7) is 9.54. The van der Waals surface area contributed by atoms with Crippen molar-refractivity contribution in [3.8, 4) is 23.0 Å². The van der Waals surface area contributed by atoms with Crippen LogP contribution in [0.1, 0.15) is 86.6 Å². The highest BCUT2D eigenvalue weighted by molar-refractivity contribution is 6.07. The molecule has 0 radical (unpaired) electrons. The minimum Gasteiger partial charge on any atom is -0.493 e. The summed E-state index contributed by atoms with van der Waals surface area (Å²) >= 11 is 0. The van der Waals surface area contributed by atoms with E-state index in [1.54, 1.807) is 60.6 Å². The van der Waals surface area contributed by atoms with Crippen molar-refractivity contribution in [1.82, 2.24) is 20.5 Å². The number of amides is 3. The summed E-state index contributed by atoms with van der Waals surface area (Å²) in [4.78, 5) is 76.2. The first-order valence-corrected chi connectivity index (χ1v) is 24.0. The quantitative estimate of drug-likeness (QED) is 0.0239. The SMILES string of the molecule is C/C=C/C1=CN2C(=O)c3cc(OC)c(OCCCOc4cc5c(cc4OC)C(=O)N4C=C(/C=C/C)C[C@H]4[C@H](O)N5C(=O)OCc4ccc(NCN[C@@H](C)C(=O)CC(=O)[C@@H](NN)C(C)C)cc4)cc3N=C[C@@H]2C1. The number of carbonyl (C=O) groups is 5. The van der Waals surface area contributed by atoms with Crippen molar-refractivity contribution in [2.45, 2.75) is 97.3 Å². The number of hydrogen-bond donors (Lipinski definition) is 5. The van der Waals surface area contributed by atoms with Crippen LogP contribution in [0.3, 0.4) is 0 Å². The van der Waals surface area contributed by atoms with Gasteiger partial charge in [0.2, 0.25) is 0 Å². The first-order valence-electron chi connectivity index (χ1n) is 24.0. The number of fused-ring (bicyclic) bond motifs is 4. The second-order valence-electron chi connectivity index (χ2n) is 18.1. The topological polar surface area (TPSA) is 236 Å². The van der Waals surface area contributed by atoms with Gasteiger partial charge < -0.3 is 43.9 Å². The zero-order chi connectivity index (χ0) is 51.6. The molecule has 0 fully saturated rings. The van der Waals surface area contributed by atoms with Crippen LogP contribution < -0.4 is 45.7 Å². The van der Waals surface area contributed by atoms with Crippen LogP contribution in [0, 0.1) is 5.92 Å². The first kappa shape index (κ1) is 52.5. The maximum Gasteiger partial charge on any atom is 0.416 e. The molecule has 4 aliphatic heterocycles. The Morgan fingerprint density at radius 2 is 1.46 bits per heavy atom. The number of ketones is 2. The Labute approximate surface area is 419 Å². The minimum atomic E-state index is -1.52. The van der Waals surface area contributed by atoms with Crippen molar-refractivity contribution in [3.63, 3.8) is 0 Å². The predicted molar refractivity (Wildman–Crippen MR) is 271 cm³/mol. The van der Waals surface area contributed by atoms with Gasteiger partial charge in [-0.25, -0.2) is 15.1 Å². The Kier molecular flexibility index (Phi) is 17.3. The first-order chi connectivity index (χ1) is 34.7. The van der Waals surface area contributed by atoms with Crippen LogP contribution in [0.4, 0.5) is 21.9 Å². The van der Waals surface area contributed by atoms with E-state index in [1.165, 1.54) is 31.3 Å². The predicted octanol–water partition coefficient (Wildman–Crippen LogP) is 6.46. The van der Waals surface area contributed by atoms with Gasteiger partial charge in [0.05, 0.1) is 87.2 Å². The number of methoxy groups -OCH3 is 2. The van der Waals surface area contributed by atoms with Crippen molar-refractivity contribution >= 4 is 52.8 Å². The highest BCUT2D eigenvalue weighted by atomic mass is 16.6. The average molecular weight is 989 g/mol. The summed E-state index contributed by atoms with van der Waals surface area (Å²) in [5, 5.41) is 18.3. The normalized spacial score (nSPS) is 19.0. The lowest BCUT2D eigenvalue weighted by molar-refractivity contribution is -0.129. The molecule has 19 nitrogen and oxygen atoms in total. The number of anilines is 2. The van der Waals surface area contributed by atoms with Crippen LogP contribution in [0.2, 0.25) is 0 Å². The van der Waals surface area contributed by atoms with Crippen LogP contribution in [-0.4, -0.2) is 115 Å². The number of aliphatic hydroxyl groups is 1. The number of Topliss-reactive ketones (excluding diaryl/α,β-unsaturated/α-hetero) is 2. The highest BCUT2D eigenvalue weighted by Gasteiger charge is 2.45. The molecule has 19 heteroatoms. The number of allylic oxidation sites excluding steroid dienone is 4. The fourth-order valence-electron chi connectivity index (χ4n) is 8.90. The van der Waals surface area contributed by atoms with Crippen molar-refractivity contribution in [2.24, 2.45) is 16.8 Å². The van der Waals surface area contributed by atoms with E-state index in [4.69, 9.17) is 29.5 Å². The van der Waals surface area contributed by atoms with Gasteiger partial charge in [0, 0.05) is 42.9 Å². The van der Waals surface area contributed by atoms with Crippen LogP contribution in [0.25, 0.3) is 0 Å². The zero-order valence-corrected chi connectivity index (χ0v) is 41.7. The van der Waals surface area contributed by atoms with E-state index >= 15 is 0 Å². The monoisotopic (exact) mass is 988 g/mol. The number of hydrogen-bond acceptors (Lipinski definition) is 16. The summed E-state index contributed by atoms with van der Waals surface area (Å²) in [6, 6.07) is 11.2. The molecular weight excluding hydrogens is 925 g/mol. The molecule has 0 aromatic heterocycles. The molecule has 5 atom stereocenters. The van der Waals surface area contributed by atoms with Crippen molar-refractivity contribution in [3.05, 3.63) is 113 Å². The van der Waals surface area contributed by atoms with Gasteiger partial charge in [0.25, 0.3) is 11.8 Å². The molecule has 0 aliphatic carbocycles. The van der Waals surface area contributed by atoms with Crippen LogP contribution in [-0.2, 0) is 20.9 Å². The summed E-state index contributed by atoms with van der Waals surface area (Å²) in [7, 11) is 2.94. The Hall–Kier alpha value is -7.32. The van der Waals surface area contributed by atoms with Gasteiger partial charge in [0.15, 0.2) is 40.8 Å². The second-order valence-corrected chi connectivity index (χ2v) is 18.1. The number of aliphatic hydroxyl groups excluding tert-OH is 1. The van der Waals surface area contributed by atoms with Gasteiger partial charge in [-0.1, -0.05) is 50.3 Å². The summed E-state index contributed by atoms with van der Waals surface area (Å²) in [5.74, 6) is 5.50. The van der Waals surface area contributed by atoms with E-state index in [1.807, 2.05) is 58.2 Å². The lowest BCUT2D eigenvalue weighted by atomic mass is 9.96. The molecule has 3 aromatic rings. The third kappa shape index (κ3) is 11.7. The number of rotatable bonds is 22. The number of hydrazine groups is 1. The standard InChI is InChI=1S/C53H64N8O11/c1-8-11-34-19-37-26-55-40-23-47(45(68-6)21-38(40)50(64)59(37)27-34)70-17-10-18-71-48-24-41-39(22-46(48)69-7)51(65)60-28-35(12-9-2)20-42(60)52(66)61(41)53(67)72-29-33-13-15-36(16-14-33)57-30-56-32(5)43(62)25-44(63)49(58-54)31(3)4/h8-9,11-16,21-24,26-28,31-32,37,42,49,52,56-58,66H,10,17-20,25,29-30,54H2,1-7H3/b11-8+,12-9+/t32-,37-,42-,49-,52-/m0/s1. The van der Waals surface area contributed by atoms with Gasteiger partial charge in [-0.05, 0) is 80.5 Å². The van der Waals surface area contributed by atoms with Gasteiger partial charge in [-0.3, -0.25) is 35.3 Å². The van der Waals surface area contributed by atoms with Gasteiger partial charge in [0.1, 0.15) is 6.61 Å². The third-order valence-electron chi connectivity index (χ3n) is 12.8.